The van der Waals surface area contributed by atoms with Crippen LogP contribution in [0.4, 0.5) is 10.5 Å². The zero-order valence-electron chi connectivity index (χ0n) is 16.1. The lowest BCUT2D eigenvalue weighted by Gasteiger charge is -2.35. The molecule has 29 heavy (non-hydrogen) atoms. The normalized spacial score (nSPS) is 21.2. The van der Waals surface area contributed by atoms with Gasteiger partial charge in [0.1, 0.15) is 6.10 Å². The Hall–Kier alpha value is -2.97. The third-order valence-corrected chi connectivity index (χ3v) is 4.75. The maximum atomic E-state index is 12.2. The number of carbonyl (C=O) groups excluding carboxylic acids is 2. The van der Waals surface area contributed by atoms with Crippen LogP contribution in [-0.2, 0) is 16.1 Å². The number of ether oxygens (including phenoxy) is 1. The van der Waals surface area contributed by atoms with Crippen molar-refractivity contribution < 1.29 is 19.4 Å². The number of anilines is 1. The Morgan fingerprint density at radius 3 is 2.62 bits per heavy atom. The molecule has 3 rings (SSSR count). The summed E-state index contributed by atoms with van der Waals surface area (Å²) in [5, 5.41) is 18.1. The monoisotopic (exact) mass is 398 g/mol. The van der Waals surface area contributed by atoms with Gasteiger partial charge in [-0.2, -0.15) is 0 Å². The summed E-state index contributed by atoms with van der Waals surface area (Å²) < 4.78 is 5.85. The number of benzene rings is 1. The fraction of sp³-hybridized carbons (Fsp3) is 0.381. The van der Waals surface area contributed by atoms with Crippen LogP contribution in [0, 0.1) is 0 Å². The molecule has 1 aromatic carbocycles. The van der Waals surface area contributed by atoms with Crippen LogP contribution in [0.3, 0.4) is 0 Å². The number of para-hydroxylation sites is 1. The largest absolute Gasteiger partial charge is 0.394 e. The summed E-state index contributed by atoms with van der Waals surface area (Å²) in [4.78, 5) is 28.5. The number of nitrogens with zero attached hydrogens (tertiary/aromatic N) is 1. The average molecular weight is 398 g/mol. The van der Waals surface area contributed by atoms with Gasteiger partial charge in [0.2, 0.25) is 5.91 Å². The molecule has 0 spiro atoms. The lowest BCUT2D eigenvalue weighted by Crippen LogP contribution is -2.52. The van der Waals surface area contributed by atoms with Crippen LogP contribution >= 0.6 is 0 Å². The first kappa shape index (κ1) is 20.8. The van der Waals surface area contributed by atoms with Gasteiger partial charge in [-0.25, -0.2) is 4.79 Å². The predicted octanol–water partition coefficient (Wildman–Crippen LogP) is 1.82. The molecule has 2 heterocycles. The zero-order chi connectivity index (χ0) is 20.5. The summed E-state index contributed by atoms with van der Waals surface area (Å²) in [7, 11) is 0. The fourth-order valence-corrected chi connectivity index (χ4v) is 3.27. The van der Waals surface area contributed by atoms with E-state index < -0.39 is 6.10 Å². The van der Waals surface area contributed by atoms with E-state index in [-0.39, 0.29) is 37.1 Å². The summed E-state index contributed by atoms with van der Waals surface area (Å²) in [6.07, 6.45) is 2.25. The van der Waals surface area contributed by atoms with Crippen LogP contribution in [0.25, 0.3) is 0 Å². The SMILES string of the molecule is O=C(C[C@H]1CC[C@H](NC(=O)Nc2ccccc2)[C@@H](CO)O1)NCc1ccccn1. The van der Waals surface area contributed by atoms with E-state index >= 15 is 0 Å². The van der Waals surface area contributed by atoms with Gasteiger partial charge in [-0.1, -0.05) is 24.3 Å². The van der Waals surface area contributed by atoms with E-state index in [1.165, 1.54) is 0 Å². The molecule has 0 aliphatic carbocycles. The molecule has 4 N–H and O–H groups in total. The van der Waals surface area contributed by atoms with Gasteiger partial charge in [-0.05, 0) is 37.1 Å². The van der Waals surface area contributed by atoms with Crippen molar-refractivity contribution in [1.82, 2.24) is 15.6 Å². The molecule has 2 aromatic rings. The molecule has 0 unspecified atom stereocenters. The van der Waals surface area contributed by atoms with Crippen molar-refractivity contribution in [3.8, 4) is 0 Å². The summed E-state index contributed by atoms with van der Waals surface area (Å²) in [5.41, 5.74) is 1.47. The van der Waals surface area contributed by atoms with Gasteiger partial charge in [0.15, 0.2) is 0 Å². The number of amides is 3. The van der Waals surface area contributed by atoms with Crippen molar-refractivity contribution in [1.29, 1.82) is 0 Å². The maximum absolute atomic E-state index is 12.2. The molecular weight excluding hydrogens is 372 g/mol. The molecule has 1 saturated heterocycles. The van der Waals surface area contributed by atoms with Gasteiger partial charge in [0.05, 0.1) is 37.4 Å². The Morgan fingerprint density at radius 1 is 1.10 bits per heavy atom. The molecular formula is C21H26N4O4. The Bertz CT molecular complexity index is 788. The number of aromatic nitrogens is 1. The van der Waals surface area contributed by atoms with Crippen molar-refractivity contribution >= 4 is 17.6 Å². The van der Waals surface area contributed by atoms with Gasteiger partial charge < -0.3 is 25.8 Å². The summed E-state index contributed by atoms with van der Waals surface area (Å²) in [6.45, 7) is 0.127. The van der Waals surface area contributed by atoms with E-state index in [1.807, 2.05) is 36.4 Å². The quantitative estimate of drug-likeness (QED) is 0.568. The van der Waals surface area contributed by atoms with E-state index in [4.69, 9.17) is 4.74 Å². The number of hydrogen-bond donors (Lipinski definition) is 4. The van der Waals surface area contributed by atoms with Crippen LogP contribution in [0.1, 0.15) is 25.0 Å². The Kier molecular flexibility index (Phi) is 7.54. The third-order valence-electron chi connectivity index (χ3n) is 4.75. The van der Waals surface area contributed by atoms with E-state index in [2.05, 4.69) is 20.9 Å². The minimum absolute atomic E-state index is 0.134. The number of nitrogens with one attached hydrogen (secondary N) is 3. The molecule has 154 valence electrons. The lowest BCUT2D eigenvalue weighted by atomic mass is 9.97. The highest BCUT2D eigenvalue weighted by atomic mass is 16.5. The van der Waals surface area contributed by atoms with Gasteiger partial charge in [-0.15, -0.1) is 0 Å². The molecule has 8 nitrogen and oxygen atoms in total. The molecule has 0 bridgehead atoms. The van der Waals surface area contributed by atoms with E-state index in [0.717, 1.165) is 5.69 Å². The third kappa shape index (κ3) is 6.55. The number of carbonyl (C=O) groups is 2. The molecule has 0 radical (unpaired) electrons. The first-order valence-corrected chi connectivity index (χ1v) is 9.69. The number of aliphatic hydroxyl groups is 1. The molecule has 1 aliphatic rings. The molecule has 3 amide bonds. The second-order valence-corrected chi connectivity index (χ2v) is 6.93. The molecule has 8 heteroatoms. The topological polar surface area (TPSA) is 113 Å². The van der Waals surface area contributed by atoms with Crippen LogP contribution in [0.15, 0.2) is 54.7 Å². The lowest BCUT2D eigenvalue weighted by molar-refractivity contribution is -0.130. The van der Waals surface area contributed by atoms with Crippen molar-refractivity contribution in [3.63, 3.8) is 0 Å². The van der Waals surface area contributed by atoms with Crippen LogP contribution in [-0.4, -0.2) is 46.9 Å². The number of aliphatic hydroxyl groups excluding tert-OH is 1. The summed E-state index contributed by atoms with van der Waals surface area (Å²) in [5.74, 6) is -0.134. The molecule has 0 saturated carbocycles. The van der Waals surface area contributed by atoms with E-state index in [9.17, 15) is 14.7 Å². The standard InChI is InChI=1S/C21H26N4O4/c26-14-19-18(25-21(28)24-15-6-2-1-3-7-15)10-9-17(29-19)12-20(27)23-13-16-8-4-5-11-22-16/h1-8,11,17-19,26H,9-10,12-14H2,(H,23,27)(H2,24,25,28)/t17-,18+,19-/m1/s1. The number of pyridine rings is 1. The van der Waals surface area contributed by atoms with Crippen LogP contribution in [0.5, 0.6) is 0 Å². The summed E-state index contributed by atoms with van der Waals surface area (Å²) in [6, 6.07) is 14.0. The Labute approximate surface area is 169 Å². The van der Waals surface area contributed by atoms with Crippen molar-refractivity contribution in [3.05, 3.63) is 60.4 Å². The minimum Gasteiger partial charge on any atom is -0.394 e. The second-order valence-electron chi connectivity index (χ2n) is 6.93. The first-order chi connectivity index (χ1) is 14.1. The molecule has 1 fully saturated rings. The molecule has 1 aliphatic heterocycles. The second kappa shape index (κ2) is 10.5. The van der Waals surface area contributed by atoms with Crippen LogP contribution < -0.4 is 16.0 Å². The zero-order valence-corrected chi connectivity index (χ0v) is 16.1. The van der Waals surface area contributed by atoms with Crippen molar-refractivity contribution in [2.75, 3.05) is 11.9 Å². The van der Waals surface area contributed by atoms with Crippen molar-refractivity contribution in [2.45, 2.75) is 44.1 Å². The molecule has 1 aromatic heterocycles. The first-order valence-electron chi connectivity index (χ1n) is 9.69. The predicted molar refractivity (Wildman–Crippen MR) is 108 cm³/mol. The maximum Gasteiger partial charge on any atom is 0.319 e. The van der Waals surface area contributed by atoms with E-state index in [0.29, 0.717) is 25.1 Å². The van der Waals surface area contributed by atoms with Gasteiger partial charge in [0, 0.05) is 11.9 Å². The van der Waals surface area contributed by atoms with Crippen LogP contribution in [0.2, 0.25) is 0 Å². The smallest absolute Gasteiger partial charge is 0.319 e. The Morgan fingerprint density at radius 2 is 1.90 bits per heavy atom. The summed E-state index contributed by atoms with van der Waals surface area (Å²) >= 11 is 0. The number of hydrogen-bond acceptors (Lipinski definition) is 5. The van der Waals surface area contributed by atoms with Gasteiger partial charge in [0.25, 0.3) is 0 Å². The highest BCUT2D eigenvalue weighted by Crippen LogP contribution is 2.22. The fourth-order valence-electron chi connectivity index (χ4n) is 3.27. The Balaban J connectivity index is 1.43. The van der Waals surface area contributed by atoms with E-state index in [1.54, 1.807) is 18.3 Å². The molecule has 3 atom stereocenters. The van der Waals surface area contributed by atoms with Crippen molar-refractivity contribution in [2.24, 2.45) is 0 Å². The highest BCUT2D eigenvalue weighted by Gasteiger charge is 2.32. The number of urea groups is 1. The highest BCUT2D eigenvalue weighted by molar-refractivity contribution is 5.89. The van der Waals surface area contributed by atoms with Gasteiger partial charge in [-0.3, -0.25) is 9.78 Å². The average Bonchev–Trinajstić information content (AvgIpc) is 2.74. The van der Waals surface area contributed by atoms with Gasteiger partial charge >= 0.3 is 6.03 Å². The number of rotatable bonds is 7. The minimum atomic E-state index is -0.557.